The summed E-state index contributed by atoms with van der Waals surface area (Å²) < 4.78 is 28.0. The maximum absolute atomic E-state index is 12.7. The number of aliphatic hydroxyl groups is 1. The summed E-state index contributed by atoms with van der Waals surface area (Å²) in [5.41, 5.74) is 3.11. The molecule has 2 aromatic carbocycles. The number of hydrogen-bond acceptors (Lipinski definition) is 3. The molecule has 2 aromatic rings. The third-order valence-electron chi connectivity index (χ3n) is 3.83. The lowest BCUT2D eigenvalue weighted by Gasteiger charge is -2.22. The molecule has 0 aromatic heterocycles. The van der Waals surface area contributed by atoms with Crippen LogP contribution < -0.4 is 4.72 Å². The second-order valence-electron chi connectivity index (χ2n) is 5.99. The van der Waals surface area contributed by atoms with Gasteiger partial charge in [0.15, 0.2) is 0 Å². The van der Waals surface area contributed by atoms with Crippen LogP contribution >= 0.6 is 0 Å². The maximum Gasteiger partial charge on any atom is 0.241 e. The molecule has 0 spiro atoms. The second kappa shape index (κ2) is 6.83. The van der Waals surface area contributed by atoms with Gasteiger partial charge in [-0.25, -0.2) is 13.1 Å². The van der Waals surface area contributed by atoms with Crippen molar-refractivity contribution in [2.75, 3.05) is 0 Å². The van der Waals surface area contributed by atoms with Gasteiger partial charge in [0, 0.05) is 6.04 Å². The maximum atomic E-state index is 12.7. The highest BCUT2D eigenvalue weighted by molar-refractivity contribution is 7.89. The van der Waals surface area contributed by atoms with E-state index in [1.54, 1.807) is 32.9 Å². The quantitative estimate of drug-likeness (QED) is 0.884. The smallest absolute Gasteiger partial charge is 0.241 e. The van der Waals surface area contributed by atoms with Crippen LogP contribution in [0.2, 0.25) is 0 Å². The molecule has 0 saturated carbocycles. The summed E-state index contributed by atoms with van der Waals surface area (Å²) in [7, 11) is -3.70. The Kier molecular flexibility index (Phi) is 5.24. The van der Waals surface area contributed by atoms with Crippen LogP contribution in [0.25, 0.3) is 0 Å². The molecule has 2 atom stereocenters. The summed E-state index contributed by atoms with van der Waals surface area (Å²) in [6, 6.07) is 12.1. The molecule has 0 aliphatic rings. The van der Waals surface area contributed by atoms with E-state index < -0.39 is 22.2 Å². The third kappa shape index (κ3) is 3.99. The van der Waals surface area contributed by atoms with Gasteiger partial charge < -0.3 is 5.11 Å². The Morgan fingerprint density at radius 1 is 1.00 bits per heavy atom. The molecule has 0 heterocycles. The van der Waals surface area contributed by atoms with E-state index in [2.05, 4.69) is 4.72 Å². The minimum absolute atomic E-state index is 0.287. The van der Waals surface area contributed by atoms with Crippen molar-refractivity contribution in [3.8, 4) is 0 Å². The first-order chi connectivity index (χ1) is 10.7. The van der Waals surface area contributed by atoms with Gasteiger partial charge in [0.25, 0.3) is 0 Å². The van der Waals surface area contributed by atoms with Crippen molar-refractivity contribution >= 4 is 10.0 Å². The Bertz CT molecular complexity index is 762. The second-order valence-corrected chi connectivity index (χ2v) is 7.64. The summed E-state index contributed by atoms with van der Waals surface area (Å²) in [5.74, 6) is 0. The van der Waals surface area contributed by atoms with E-state index in [-0.39, 0.29) is 4.90 Å². The van der Waals surface area contributed by atoms with E-state index in [0.29, 0.717) is 16.7 Å². The fourth-order valence-electron chi connectivity index (χ4n) is 2.90. The highest BCUT2D eigenvalue weighted by Crippen LogP contribution is 2.24. The molecule has 2 N–H and O–H groups in total. The Labute approximate surface area is 138 Å². The molecule has 0 amide bonds. The summed E-state index contributed by atoms with van der Waals surface area (Å²) in [4.78, 5) is 0.287. The van der Waals surface area contributed by atoms with Crippen molar-refractivity contribution in [1.82, 2.24) is 4.72 Å². The number of rotatable bonds is 5. The molecule has 0 unspecified atom stereocenters. The number of aryl methyl sites for hydroxylation is 3. The molecule has 2 rings (SSSR count). The van der Waals surface area contributed by atoms with Crippen LogP contribution in [0.3, 0.4) is 0 Å². The normalized spacial score (nSPS) is 14.5. The number of hydrogen-bond donors (Lipinski definition) is 2. The SMILES string of the molecule is Cc1cc(C)c(S(=O)(=O)N[C@@H](C)[C@H](O)c2ccccc2)c(C)c1. The first-order valence-corrected chi connectivity index (χ1v) is 9.04. The van der Waals surface area contributed by atoms with Crippen molar-refractivity contribution < 1.29 is 13.5 Å². The Balaban J connectivity index is 2.28. The Morgan fingerprint density at radius 2 is 1.52 bits per heavy atom. The van der Waals surface area contributed by atoms with E-state index in [9.17, 15) is 13.5 Å². The molecule has 0 aliphatic heterocycles. The van der Waals surface area contributed by atoms with Crippen LogP contribution in [-0.2, 0) is 10.0 Å². The average molecular weight is 333 g/mol. The van der Waals surface area contributed by atoms with Gasteiger partial charge in [-0.1, -0.05) is 48.0 Å². The minimum atomic E-state index is -3.70. The summed E-state index contributed by atoms with van der Waals surface area (Å²) >= 11 is 0. The van der Waals surface area contributed by atoms with Crippen molar-refractivity contribution in [2.45, 2.75) is 44.7 Å². The molecule has 4 nitrogen and oxygen atoms in total. The van der Waals surface area contributed by atoms with Gasteiger partial charge in [-0.15, -0.1) is 0 Å². The van der Waals surface area contributed by atoms with E-state index >= 15 is 0 Å². The molecule has 0 fully saturated rings. The molecule has 0 bridgehead atoms. The Morgan fingerprint density at radius 3 is 2.04 bits per heavy atom. The molecule has 0 radical (unpaired) electrons. The molecule has 0 saturated heterocycles. The van der Waals surface area contributed by atoms with Gasteiger partial charge in [0.05, 0.1) is 11.0 Å². The molecule has 5 heteroatoms. The lowest BCUT2D eigenvalue weighted by molar-refractivity contribution is 0.146. The van der Waals surface area contributed by atoms with E-state index in [0.717, 1.165) is 5.56 Å². The number of aliphatic hydroxyl groups excluding tert-OH is 1. The molecular formula is C18H23NO3S. The third-order valence-corrected chi connectivity index (χ3v) is 5.69. The van der Waals surface area contributed by atoms with Crippen LogP contribution in [0.5, 0.6) is 0 Å². The van der Waals surface area contributed by atoms with Crippen LogP contribution in [0.15, 0.2) is 47.4 Å². The molecule has 23 heavy (non-hydrogen) atoms. The van der Waals surface area contributed by atoms with Crippen LogP contribution in [0.4, 0.5) is 0 Å². The van der Waals surface area contributed by atoms with E-state index in [1.807, 2.05) is 37.3 Å². The topological polar surface area (TPSA) is 66.4 Å². The molecule has 0 aliphatic carbocycles. The van der Waals surface area contributed by atoms with Gasteiger partial charge in [-0.3, -0.25) is 0 Å². The van der Waals surface area contributed by atoms with Crippen molar-refractivity contribution in [3.63, 3.8) is 0 Å². The predicted octanol–water partition coefficient (Wildman–Crippen LogP) is 3.01. The monoisotopic (exact) mass is 333 g/mol. The van der Waals surface area contributed by atoms with Gasteiger partial charge in [-0.05, 0) is 44.4 Å². The zero-order valence-corrected chi connectivity index (χ0v) is 14.7. The highest BCUT2D eigenvalue weighted by Gasteiger charge is 2.26. The van der Waals surface area contributed by atoms with E-state index in [4.69, 9.17) is 0 Å². The van der Waals surface area contributed by atoms with Crippen molar-refractivity contribution in [2.24, 2.45) is 0 Å². The van der Waals surface area contributed by atoms with Crippen LogP contribution in [0.1, 0.15) is 35.3 Å². The number of nitrogens with one attached hydrogen (secondary N) is 1. The fraction of sp³-hybridized carbons (Fsp3) is 0.333. The Hall–Kier alpha value is -1.69. The summed E-state index contributed by atoms with van der Waals surface area (Å²) in [6.07, 6.45) is -0.906. The van der Waals surface area contributed by atoms with E-state index in [1.165, 1.54) is 0 Å². The zero-order valence-electron chi connectivity index (χ0n) is 13.9. The van der Waals surface area contributed by atoms with Gasteiger partial charge >= 0.3 is 0 Å². The number of sulfonamides is 1. The van der Waals surface area contributed by atoms with Crippen molar-refractivity contribution in [1.29, 1.82) is 0 Å². The summed E-state index contributed by atoms with van der Waals surface area (Å²) in [6.45, 7) is 7.17. The fourth-order valence-corrected chi connectivity index (χ4v) is 4.60. The summed E-state index contributed by atoms with van der Waals surface area (Å²) in [5, 5.41) is 10.4. The number of benzene rings is 2. The molecule has 124 valence electrons. The first kappa shape index (κ1) is 17.7. The highest BCUT2D eigenvalue weighted by atomic mass is 32.2. The lowest BCUT2D eigenvalue weighted by Crippen LogP contribution is -2.37. The van der Waals surface area contributed by atoms with Crippen molar-refractivity contribution in [3.05, 3.63) is 64.7 Å². The van der Waals surface area contributed by atoms with Crippen LogP contribution in [0, 0.1) is 20.8 Å². The first-order valence-electron chi connectivity index (χ1n) is 7.55. The average Bonchev–Trinajstić information content (AvgIpc) is 2.45. The van der Waals surface area contributed by atoms with Crippen LogP contribution in [-0.4, -0.2) is 19.6 Å². The predicted molar refractivity (Wildman–Crippen MR) is 91.8 cm³/mol. The lowest BCUT2D eigenvalue weighted by atomic mass is 10.0. The van der Waals surface area contributed by atoms with Gasteiger partial charge in [0.2, 0.25) is 10.0 Å². The standard InChI is InChI=1S/C18H23NO3S/c1-12-10-13(2)18(14(3)11-12)23(21,22)19-15(4)17(20)16-8-6-5-7-9-16/h5-11,15,17,19-20H,1-4H3/t15-,17-/m0/s1. The molecular weight excluding hydrogens is 310 g/mol. The zero-order chi connectivity index (χ0) is 17.2. The van der Waals surface area contributed by atoms with Gasteiger partial charge in [-0.2, -0.15) is 0 Å². The van der Waals surface area contributed by atoms with Gasteiger partial charge in [0.1, 0.15) is 0 Å². The minimum Gasteiger partial charge on any atom is -0.387 e. The largest absolute Gasteiger partial charge is 0.387 e.